The highest BCUT2D eigenvalue weighted by molar-refractivity contribution is 6.05. The molecule has 2 aromatic heterocycles. The summed E-state index contributed by atoms with van der Waals surface area (Å²) in [5.41, 5.74) is 1.27. The molecule has 1 N–H and O–H groups in total. The van der Waals surface area contributed by atoms with E-state index in [0.717, 1.165) is 18.5 Å². The molecule has 0 spiro atoms. The molecule has 1 aliphatic heterocycles. The van der Waals surface area contributed by atoms with Gasteiger partial charge in [0.05, 0.1) is 17.7 Å². The first kappa shape index (κ1) is 16.2. The van der Waals surface area contributed by atoms with E-state index in [1.165, 1.54) is 27.3 Å². The molecule has 9 heteroatoms. The van der Waals surface area contributed by atoms with Gasteiger partial charge in [-0.05, 0) is 19.8 Å². The lowest BCUT2D eigenvalue weighted by atomic mass is 9.96. The van der Waals surface area contributed by atoms with Crippen LogP contribution in [0.15, 0.2) is 4.79 Å². The Morgan fingerprint density at radius 3 is 2.68 bits per heavy atom. The topological polar surface area (TPSA) is 93.1 Å². The van der Waals surface area contributed by atoms with Crippen LogP contribution in [-0.4, -0.2) is 51.9 Å². The number of amides is 1. The van der Waals surface area contributed by atoms with Crippen molar-refractivity contribution >= 4 is 25.2 Å². The minimum absolute atomic E-state index is 0.0335. The summed E-state index contributed by atoms with van der Waals surface area (Å²) in [7, 11) is 1.37. The first-order chi connectivity index (χ1) is 12.1. The van der Waals surface area contributed by atoms with Crippen molar-refractivity contribution in [2.24, 2.45) is 0 Å². The van der Waals surface area contributed by atoms with Gasteiger partial charge >= 0.3 is 14.1 Å². The average molecular weight is 343 g/mol. The number of nitrogens with one attached hydrogen (secondary N) is 1. The highest BCUT2D eigenvalue weighted by Crippen LogP contribution is 2.31. The van der Waals surface area contributed by atoms with Gasteiger partial charge in [0.1, 0.15) is 11.2 Å². The molecule has 4 rings (SSSR count). The second kappa shape index (κ2) is 6.20. The van der Waals surface area contributed by atoms with Crippen LogP contribution in [0, 0.1) is 6.92 Å². The number of hydrogen-bond acceptors (Lipinski definition) is 5. The van der Waals surface area contributed by atoms with Crippen LogP contribution in [0.4, 0.5) is 4.79 Å². The van der Waals surface area contributed by atoms with Gasteiger partial charge in [0.2, 0.25) is 0 Å². The van der Waals surface area contributed by atoms with Crippen molar-refractivity contribution in [2.75, 3.05) is 13.1 Å². The molecule has 25 heavy (non-hydrogen) atoms. The number of rotatable bonds is 2. The SMILES string of the molecule is BOC(=O)N1CC(c2nc3c(c(C)nn3C3CCCCC3)c(=O)[nH]2)C1. The van der Waals surface area contributed by atoms with Gasteiger partial charge < -0.3 is 14.5 Å². The van der Waals surface area contributed by atoms with E-state index in [4.69, 9.17) is 9.64 Å². The number of likely N-dealkylation sites (tertiary alicyclic amines) is 1. The largest absolute Gasteiger partial charge is 0.528 e. The summed E-state index contributed by atoms with van der Waals surface area (Å²) in [4.78, 5) is 33.3. The van der Waals surface area contributed by atoms with E-state index in [1.807, 2.05) is 11.6 Å². The third-order valence-electron chi connectivity index (χ3n) is 5.38. The second-order valence-electron chi connectivity index (χ2n) is 7.04. The van der Waals surface area contributed by atoms with Gasteiger partial charge in [-0.2, -0.15) is 5.10 Å². The van der Waals surface area contributed by atoms with E-state index in [1.54, 1.807) is 4.90 Å². The number of carbonyl (C=O) groups is 1. The highest BCUT2D eigenvalue weighted by Gasteiger charge is 2.34. The maximum absolute atomic E-state index is 12.6. The minimum Gasteiger partial charge on any atom is -0.528 e. The van der Waals surface area contributed by atoms with E-state index in [2.05, 4.69) is 10.1 Å². The van der Waals surface area contributed by atoms with Crippen LogP contribution < -0.4 is 5.56 Å². The molecule has 0 aromatic carbocycles. The van der Waals surface area contributed by atoms with Crippen LogP contribution in [0.3, 0.4) is 0 Å². The minimum atomic E-state index is -0.345. The summed E-state index contributed by atoms with van der Waals surface area (Å²) >= 11 is 0. The molecule has 2 aromatic rings. The van der Waals surface area contributed by atoms with Crippen molar-refractivity contribution in [1.82, 2.24) is 24.6 Å². The van der Waals surface area contributed by atoms with Crippen molar-refractivity contribution < 1.29 is 9.45 Å². The van der Waals surface area contributed by atoms with Crippen LogP contribution in [-0.2, 0) is 4.65 Å². The number of H-pyrrole nitrogens is 1. The van der Waals surface area contributed by atoms with E-state index >= 15 is 0 Å². The zero-order chi connectivity index (χ0) is 17.6. The number of nitrogens with zero attached hydrogens (tertiary/aromatic N) is 4. The van der Waals surface area contributed by atoms with Gasteiger partial charge in [-0.3, -0.25) is 4.79 Å². The maximum Gasteiger partial charge on any atom is 0.391 e. The molecule has 1 aliphatic carbocycles. The van der Waals surface area contributed by atoms with Crippen LogP contribution in [0.2, 0.25) is 0 Å². The molecule has 0 radical (unpaired) electrons. The zero-order valence-corrected chi connectivity index (χ0v) is 14.6. The lowest BCUT2D eigenvalue weighted by molar-refractivity contribution is 0.112. The Balaban J connectivity index is 1.68. The molecular weight excluding hydrogens is 321 g/mol. The number of aromatic nitrogens is 4. The summed E-state index contributed by atoms with van der Waals surface area (Å²) in [6, 6.07) is 0.319. The van der Waals surface area contributed by atoms with Crippen LogP contribution in [0.25, 0.3) is 11.0 Å². The summed E-state index contributed by atoms with van der Waals surface area (Å²) in [5.74, 6) is 0.667. The molecule has 1 amide bonds. The van der Waals surface area contributed by atoms with Crippen molar-refractivity contribution in [3.8, 4) is 0 Å². The summed E-state index contributed by atoms with van der Waals surface area (Å²) < 4.78 is 6.67. The Labute approximate surface area is 146 Å². The van der Waals surface area contributed by atoms with Gasteiger partial charge in [-0.1, -0.05) is 19.3 Å². The van der Waals surface area contributed by atoms with Crippen LogP contribution in [0.1, 0.15) is 55.6 Å². The lowest BCUT2D eigenvalue weighted by Gasteiger charge is -2.37. The Morgan fingerprint density at radius 2 is 2.00 bits per heavy atom. The number of aryl methyl sites for hydroxylation is 1. The third-order valence-corrected chi connectivity index (χ3v) is 5.38. The predicted octanol–water partition coefficient (Wildman–Crippen LogP) is 1.02. The first-order valence-corrected chi connectivity index (χ1v) is 8.90. The number of carbonyl (C=O) groups excluding carboxylic acids is 1. The Hall–Kier alpha value is -2.32. The van der Waals surface area contributed by atoms with Crippen molar-refractivity contribution in [2.45, 2.75) is 51.0 Å². The normalized spacial score (nSPS) is 19.2. The van der Waals surface area contributed by atoms with E-state index < -0.39 is 0 Å². The molecule has 1 saturated carbocycles. The number of aromatic amines is 1. The zero-order valence-electron chi connectivity index (χ0n) is 14.6. The molecule has 3 heterocycles. The van der Waals surface area contributed by atoms with Crippen LogP contribution in [0.5, 0.6) is 0 Å². The summed E-state index contributed by atoms with van der Waals surface area (Å²) in [6.07, 6.45) is 5.47. The smallest absolute Gasteiger partial charge is 0.391 e. The fourth-order valence-corrected chi connectivity index (χ4v) is 3.93. The monoisotopic (exact) mass is 343 g/mol. The molecular formula is C16H22BN5O3. The maximum atomic E-state index is 12.6. The quantitative estimate of drug-likeness (QED) is 0.822. The molecule has 0 unspecified atom stereocenters. The Kier molecular flexibility index (Phi) is 4.01. The van der Waals surface area contributed by atoms with Gasteiger partial charge in [0.25, 0.3) is 5.56 Å². The molecule has 132 valence electrons. The number of fused-ring (bicyclic) bond motifs is 1. The molecule has 2 fully saturated rings. The molecule has 8 nitrogen and oxygen atoms in total. The van der Waals surface area contributed by atoms with E-state index in [9.17, 15) is 9.59 Å². The highest BCUT2D eigenvalue weighted by atomic mass is 16.5. The lowest BCUT2D eigenvalue weighted by Crippen LogP contribution is -2.49. The van der Waals surface area contributed by atoms with Crippen molar-refractivity contribution in [1.29, 1.82) is 0 Å². The summed E-state index contributed by atoms with van der Waals surface area (Å²) in [6.45, 7) is 2.88. The van der Waals surface area contributed by atoms with E-state index in [-0.39, 0.29) is 17.6 Å². The molecule has 1 saturated heterocycles. The predicted molar refractivity (Wildman–Crippen MR) is 94.3 cm³/mol. The fourth-order valence-electron chi connectivity index (χ4n) is 3.93. The van der Waals surface area contributed by atoms with E-state index in [0.29, 0.717) is 36.0 Å². The Bertz CT molecular complexity index is 865. The summed E-state index contributed by atoms with van der Waals surface area (Å²) in [5, 5.41) is 5.21. The molecule has 0 bridgehead atoms. The molecule has 0 atom stereocenters. The van der Waals surface area contributed by atoms with Crippen molar-refractivity contribution in [3.63, 3.8) is 0 Å². The van der Waals surface area contributed by atoms with Gasteiger partial charge in [-0.25, -0.2) is 14.5 Å². The average Bonchev–Trinajstić information content (AvgIpc) is 2.91. The van der Waals surface area contributed by atoms with Gasteiger partial charge in [0.15, 0.2) is 5.65 Å². The first-order valence-electron chi connectivity index (χ1n) is 8.90. The molecule has 2 aliphatic rings. The van der Waals surface area contributed by atoms with Crippen molar-refractivity contribution in [3.05, 3.63) is 21.9 Å². The third kappa shape index (κ3) is 2.71. The number of hydrogen-bond donors (Lipinski definition) is 1. The Morgan fingerprint density at radius 1 is 1.28 bits per heavy atom. The van der Waals surface area contributed by atoms with Gasteiger partial charge in [-0.15, -0.1) is 0 Å². The standard InChI is InChI=1S/C16H22BN5O3/c1-9-12-14(22(20-9)11-5-3-2-4-6-11)18-13(19-15(12)23)10-7-21(8-10)16(24)25-17/h10-11H,2-8,17H2,1H3,(H,18,19,23). The fraction of sp³-hybridized carbons (Fsp3) is 0.625. The van der Waals surface area contributed by atoms with Gasteiger partial charge in [0, 0.05) is 13.1 Å². The van der Waals surface area contributed by atoms with Crippen LogP contribution >= 0.6 is 0 Å². The second-order valence-corrected chi connectivity index (χ2v) is 7.04.